The molecule has 0 fully saturated rings. The van der Waals surface area contributed by atoms with Gasteiger partial charge in [0.15, 0.2) is 0 Å². The van der Waals surface area contributed by atoms with E-state index in [0.29, 0.717) is 26.1 Å². The molecule has 0 heterocycles. The van der Waals surface area contributed by atoms with Gasteiger partial charge in [0.1, 0.15) is 13.2 Å². The zero-order chi connectivity index (χ0) is 36.0. The van der Waals surface area contributed by atoms with Gasteiger partial charge in [-0.1, -0.05) is 133 Å². The molecule has 0 saturated heterocycles. The molecule has 0 atom stereocenters. The number of rotatable bonds is 35. The second-order valence-electron chi connectivity index (χ2n) is 13.7. The van der Waals surface area contributed by atoms with Gasteiger partial charge in [0.05, 0.1) is 0 Å². The summed E-state index contributed by atoms with van der Waals surface area (Å²) in [7, 11) is 4.13. The van der Waals surface area contributed by atoms with E-state index in [-0.39, 0.29) is 17.2 Å². The maximum absolute atomic E-state index is 13.0. The third-order valence-corrected chi connectivity index (χ3v) is 9.56. The minimum Gasteiger partial charge on any atom is -0.461 e. The summed E-state index contributed by atoms with van der Waals surface area (Å²) in [5.74, 6) is 0.639. The quantitative estimate of drug-likeness (QED) is 0.0368. The second-order valence-corrected chi connectivity index (χ2v) is 14.7. The van der Waals surface area contributed by atoms with Crippen LogP contribution in [-0.4, -0.2) is 79.7 Å². The van der Waals surface area contributed by atoms with E-state index in [4.69, 9.17) is 9.47 Å². The molecule has 1 amide bonds. The molecular weight excluding hydrogens is 633 g/mol. The molecule has 0 bridgehead atoms. The number of carbonyl (C=O) groups is 3. The van der Waals surface area contributed by atoms with Crippen molar-refractivity contribution in [2.24, 2.45) is 0 Å². The van der Waals surface area contributed by atoms with Crippen LogP contribution < -0.4 is 0 Å². The molecular formula is C41H76N2O5S. The molecule has 0 aromatic rings. The van der Waals surface area contributed by atoms with E-state index in [1.165, 1.54) is 69.5 Å². The van der Waals surface area contributed by atoms with E-state index in [9.17, 15) is 14.4 Å². The Hall–Kier alpha value is -1.80. The molecule has 0 aliphatic rings. The van der Waals surface area contributed by atoms with Gasteiger partial charge in [-0.15, -0.1) is 0 Å². The van der Waals surface area contributed by atoms with E-state index < -0.39 is 0 Å². The van der Waals surface area contributed by atoms with E-state index in [1.54, 1.807) is 0 Å². The van der Waals surface area contributed by atoms with Crippen molar-refractivity contribution in [3.63, 3.8) is 0 Å². The van der Waals surface area contributed by atoms with Crippen molar-refractivity contribution < 1.29 is 23.9 Å². The summed E-state index contributed by atoms with van der Waals surface area (Å²) >= 11 is 1.45. The molecule has 7 nitrogen and oxygen atoms in total. The second kappa shape index (κ2) is 37.5. The first-order valence-electron chi connectivity index (χ1n) is 20.1. The van der Waals surface area contributed by atoms with E-state index in [1.807, 2.05) is 17.1 Å². The molecule has 0 aliphatic carbocycles. The molecule has 0 aromatic carbocycles. The van der Waals surface area contributed by atoms with Gasteiger partial charge in [-0.2, -0.15) is 0 Å². The van der Waals surface area contributed by atoms with Crippen molar-refractivity contribution in [3.05, 3.63) is 24.3 Å². The molecule has 0 N–H and O–H groups in total. The third-order valence-electron chi connectivity index (χ3n) is 8.56. The number of hydrogen-bond donors (Lipinski definition) is 0. The number of ether oxygens (including phenoxy) is 2. The lowest BCUT2D eigenvalue weighted by Crippen LogP contribution is -2.30. The first-order valence-corrected chi connectivity index (χ1v) is 21.1. The normalized spacial score (nSPS) is 11.6. The molecule has 286 valence electrons. The molecule has 0 saturated carbocycles. The van der Waals surface area contributed by atoms with Crippen LogP contribution in [0.1, 0.15) is 168 Å². The maximum atomic E-state index is 13.0. The van der Waals surface area contributed by atoms with Crippen LogP contribution in [0.2, 0.25) is 0 Å². The minimum atomic E-state index is -0.106. The SMILES string of the molecule is CCCCCC/C=C\COC(=O)CCCCCCCN(CCCCCCCC(=O)OC/C=C\CCCCCCC)C(=O)SCCCN(C)C. The summed E-state index contributed by atoms with van der Waals surface area (Å²) in [4.78, 5) is 41.2. The molecule has 0 aliphatic heterocycles. The Morgan fingerprint density at radius 3 is 1.43 bits per heavy atom. The molecule has 0 aromatic heterocycles. The van der Waals surface area contributed by atoms with Gasteiger partial charge in [0, 0.05) is 31.7 Å². The summed E-state index contributed by atoms with van der Waals surface area (Å²) in [6.07, 6.45) is 33.7. The highest BCUT2D eigenvalue weighted by Gasteiger charge is 2.14. The fourth-order valence-electron chi connectivity index (χ4n) is 5.48. The summed E-state index contributed by atoms with van der Waals surface area (Å²) in [6, 6.07) is 0. The number of esters is 2. The highest BCUT2D eigenvalue weighted by atomic mass is 32.2. The Balaban J connectivity index is 4.11. The molecule has 0 radical (unpaired) electrons. The van der Waals surface area contributed by atoms with E-state index in [0.717, 1.165) is 109 Å². The van der Waals surface area contributed by atoms with Gasteiger partial charge in [-0.3, -0.25) is 14.4 Å². The van der Waals surface area contributed by atoms with Gasteiger partial charge in [-0.05, 0) is 78.4 Å². The van der Waals surface area contributed by atoms with Crippen LogP contribution in [0, 0.1) is 0 Å². The third kappa shape index (κ3) is 35.8. The van der Waals surface area contributed by atoms with Crippen LogP contribution in [0.5, 0.6) is 0 Å². The minimum absolute atomic E-state index is 0.105. The Kier molecular flexibility index (Phi) is 36.1. The summed E-state index contributed by atoms with van der Waals surface area (Å²) in [6.45, 7) is 7.80. The lowest BCUT2D eigenvalue weighted by atomic mass is 10.1. The number of amides is 1. The van der Waals surface area contributed by atoms with Crippen molar-refractivity contribution in [3.8, 4) is 0 Å². The van der Waals surface area contributed by atoms with Crippen molar-refractivity contribution in [2.75, 3.05) is 52.7 Å². The van der Waals surface area contributed by atoms with Crippen LogP contribution in [0.25, 0.3) is 0 Å². The van der Waals surface area contributed by atoms with Crippen LogP contribution in [0.3, 0.4) is 0 Å². The van der Waals surface area contributed by atoms with Crippen LogP contribution in [0.15, 0.2) is 24.3 Å². The summed E-state index contributed by atoms with van der Waals surface area (Å²) in [5.41, 5.74) is 0. The Morgan fingerprint density at radius 1 is 0.510 bits per heavy atom. The topological polar surface area (TPSA) is 76.1 Å². The van der Waals surface area contributed by atoms with Gasteiger partial charge >= 0.3 is 11.9 Å². The largest absolute Gasteiger partial charge is 0.461 e. The van der Waals surface area contributed by atoms with E-state index in [2.05, 4.69) is 45.0 Å². The van der Waals surface area contributed by atoms with Crippen molar-refractivity contribution in [1.82, 2.24) is 9.80 Å². The van der Waals surface area contributed by atoms with Gasteiger partial charge in [0.2, 0.25) is 0 Å². The predicted molar refractivity (Wildman–Crippen MR) is 210 cm³/mol. The maximum Gasteiger partial charge on any atom is 0.306 e. The highest BCUT2D eigenvalue weighted by molar-refractivity contribution is 8.13. The lowest BCUT2D eigenvalue weighted by Gasteiger charge is -2.22. The van der Waals surface area contributed by atoms with Crippen molar-refractivity contribution in [1.29, 1.82) is 0 Å². The fraction of sp³-hybridized carbons (Fsp3) is 0.829. The Labute approximate surface area is 306 Å². The summed E-state index contributed by atoms with van der Waals surface area (Å²) < 4.78 is 10.7. The number of carbonyl (C=O) groups excluding carboxylic acids is 3. The first-order chi connectivity index (χ1) is 23.9. The number of nitrogens with zero attached hydrogens (tertiary/aromatic N) is 2. The highest BCUT2D eigenvalue weighted by Crippen LogP contribution is 2.16. The van der Waals surface area contributed by atoms with Crippen LogP contribution in [-0.2, 0) is 19.1 Å². The van der Waals surface area contributed by atoms with E-state index >= 15 is 0 Å². The zero-order valence-corrected chi connectivity index (χ0v) is 33.2. The summed E-state index contributed by atoms with van der Waals surface area (Å²) in [5, 5.41) is 0.199. The molecule has 0 unspecified atom stereocenters. The zero-order valence-electron chi connectivity index (χ0n) is 32.4. The van der Waals surface area contributed by atoms with Gasteiger partial charge < -0.3 is 19.3 Å². The number of allylic oxidation sites excluding steroid dienone is 2. The standard InChI is InChI=1S/C41H76N2O5S/c1-5-7-9-11-13-15-23-29-37-48-40(45)32-25-19-17-21-27-35-43(41(46)49-38-30-33-42(3)4)34-26-20-16-18-24-31-39(44)47-36-28-22-14-12-10-8-6-2/h22-23,28-29H,5-21,24-27,30-38H2,1-4H3/b28-22-,29-23-. The predicted octanol–water partition coefficient (Wildman–Crippen LogP) is 11.3. The average Bonchev–Trinajstić information content (AvgIpc) is 3.08. The average molecular weight is 709 g/mol. The monoisotopic (exact) mass is 709 g/mol. The molecule has 0 spiro atoms. The van der Waals surface area contributed by atoms with Gasteiger partial charge in [-0.25, -0.2) is 0 Å². The molecule has 49 heavy (non-hydrogen) atoms. The Bertz CT molecular complexity index is 833. The van der Waals surface area contributed by atoms with Gasteiger partial charge in [0.25, 0.3) is 5.24 Å². The van der Waals surface area contributed by atoms with Crippen molar-refractivity contribution in [2.45, 2.75) is 168 Å². The fourth-order valence-corrected chi connectivity index (χ4v) is 6.30. The number of thioether (sulfide) groups is 1. The molecule has 0 rings (SSSR count). The first kappa shape index (κ1) is 47.2. The van der Waals surface area contributed by atoms with Crippen molar-refractivity contribution >= 4 is 28.9 Å². The van der Waals surface area contributed by atoms with Crippen LogP contribution >= 0.6 is 11.8 Å². The molecule has 8 heteroatoms. The lowest BCUT2D eigenvalue weighted by molar-refractivity contribution is -0.143. The Morgan fingerprint density at radius 2 is 0.939 bits per heavy atom. The smallest absolute Gasteiger partial charge is 0.306 e. The number of hydrogen-bond acceptors (Lipinski definition) is 7. The number of unbranched alkanes of at least 4 members (excludes halogenated alkanes) is 17. The van der Waals surface area contributed by atoms with Crippen LogP contribution in [0.4, 0.5) is 4.79 Å².